The Bertz CT molecular complexity index is 817. The third-order valence-electron chi connectivity index (χ3n) is 2.80. The second kappa shape index (κ2) is 5.89. The molecule has 1 aromatic carbocycles. The van der Waals surface area contributed by atoms with Gasteiger partial charge in [0.1, 0.15) is 5.82 Å². The number of benzene rings is 1. The van der Waals surface area contributed by atoms with Crippen LogP contribution in [0.4, 0.5) is 17.6 Å². The lowest BCUT2D eigenvalue weighted by molar-refractivity contribution is -0.140. The first-order chi connectivity index (χ1) is 10.5. The van der Waals surface area contributed by atoms with Crippen molar-refractivity contribution in [3.05, 3.63) is 41.3 Å². The van der Waals surface area contributed by atoms with Gasteiger partial charge < -0.3 is 4.52 Å². The van der Waals surface area contributed by atoms with Gasteiger partial charge >= 0.3 is 6.18 Å². The quantitative estimate of drug-likeness (QED) is 0.854. The number of hydrogen-bond acceptors (Lipinski definition) is 5. The third-order valence-corrected chi connectivity index (χ3v) is 4.34. The van der Waals surface area contributed by atoms with Gasteiger partial charge in [-0.1, -0.05) is 5.16 Å². The highest BCUT2D eigenvalue weighted by Crippen LogP contribution is 2.33. The van der Waals surface area contributed by atoms with E-state index in [4.69, 9.17) is 4.52 Å². The monoisotopic (exact) mass is 353 g/mol. The molecule has 11 heteroatoms. The summed E-state index contributed by atoms with van der Waals surface area (Å²) in [5.74, 6) is -1.34. The molecular formula is C12H11F4N3O3S. The maximum atomic E-state index is 13.2. The van der Waals surface area contributed by atoms with E-state index in [9.17, 15) is 26.0 Å². The zero-order valence-corrected chi connectivity index (χ0v) is 12.7. The molecule has 0 aliphatic carbocycles. The van der Waals surface area contributed by atoms with E-state index in [1.165, 1.54) is 13.8 Å². The lowest BCUT2D eigenvalue weighted by Crippen LogP contribution is -2.27. The first-order valence-electron chi connectivity index (χ1n) is 6.20. The Morgan fingerprint density at radius 2 is 1.96 bits per heavy atom. The molecule has 0 aliphatic rings. The maximum Gasteiger partial charge on any atom is 0.419 e. The molecule has 23 heavy (non-hydrogen) atoms. The van der Waals surface area contributed by atoms with Gasteiger partial charge in [-0.15, -0.1) is 0 Å². The number of halogens is 4. The summed E-state index contributed by atoms with van der Waals surface area (Å²) in [5, 5.41) is 3.48. The smallest absolute Gasteiger partial charge is 0.338 e. The van der Waals surface area contributed by atoms with Crippen molar-refractivity contribution in [3.8, 4) is 0 Å². The van der Waals surface area contributed by atoms with Gasteiger partial charge in [-0.2, -0.15) is 22.9 Å². The van der Waals surface area contributed by atoms with Crippen LogP contribution in [0.3, 0.4) is 0 Å². The Hall–Kier alpha value is -2.01. The number of hydrogen-bond donors (Lipinski definition) is 1. The summed E-state index contributed by atoms with van der Waals surface area (Å²) in [6.07, 6.45) is -5.01. The van der Waals surface area contributed by atoms with Gasteiger partial charge in [0.15, 0.2) is 5.82 Å². The molecule has 0 aliphatic heterocycles. The lowest BCUT2D eigenvalue weighted by atomic mass is 10.2. The summed E-state index contributed by atoms with van der Waals surface area (Å²) in [6.45, 7) is 2.89. The summed E-state index contributed by atoms with van der Waals surface area (Å²) in [7, 11) is -4.34. The number of alkyl halides is 3. The first-order valence-corrected chi connectivity index (χ1v) is 7.68. The van der Waals surface area contributed by atoms with Crippen LogP contribution in [0.5, 0.6) is 0 Å². The molecule has 1 N–H and O–H groups in total. The fraction of sp³-hybridized carbons (Fsp3) is 0.333. The van der Waals surface area contributed by atoms with Crippen LogP contribution in [0.1, 0.15) is 30.2 Å². The van der Waals surface area contributed by atoms with E-state index in [-0.39, 0.29) is 17.8 Å². The Morgan fingerprint density at radius 1 is 1.30 bits per heavy atom. The minimum Gasteiger partial charge on any atom is -0.338 e. The van der Waals surface area contributed by atoms with Gasteiger partial charge in [0, 0.05) is 0 Å². The van der Waals surface area contributed by atoms with E-state index >= 15 is 0 Å². The lowest BCUT2D eigenvalue weighted by Gasteiger charge is -2.13. The van der Waals surface area contributed by atoms with Crippen molar-refractivity contribution in [2.75, 3.05) is 0 Å². The SMILES string of the molecule is Cc1noc(C(C)NS(=O)(=O)c2ccc(F)c(C(F)(F)F)c2)n1. The second-order valence-corrected chi connectivity index (χ2v) is 6.38. The molecule has 2 rings (SSSR count). The van der Waals surface area contributed by atoms with Gasteiger partial charge in [-0.25, -0.2) is 12.8 Å². The number of rotatable bonds is 4. The minimum atomic E-state index is -5.01. The summed E-state index contributed by atoms with van der Waals surface area (Å²) in [5.41, 5.74) is -1.67. The van der Waals surface area contributed by atoms with Crippen molar-refractivity contribution in [2.24, 2.45) is 0 Å². The van der Waals surface area contributed by atoms with E-state index < -0.39 is 38.5 Å². The van der Waals surface area contributed by atoms with Gasteiger partial charge in [0.25, 0.3) is 0 Å². The van der Waals surface area contributed by atoms with Crippen molar-refractivity contribution < 1.29 is 30.5 Å². The van der Waals surface area contributed by atoms with E-state index in [2.05, 4.69) is 14.9 Å². The Balaban J connectivity index is 2.33. The molecule has 0 radical (unpaired) electrons. The van der Waals surface area contributed by atoms with Gasteiger partial charge in [0.05, 0.1) is 16.5 Å². The van der Waals surface area contributed by atoms with Crippen LogP contribution in [0, 0.1) is 12.7 Å². The number of nitrogens with one attached hydrogen (secondary N) is 1. The number of aryl methyl sites for hydroxylation is 1. The number of aromatic nitrogens is 2. The van der Waals surface area contributed by atoms with Crippen molar-refractivity contribution >= 4 is 10.0 Å². The van der Waals surface area contributed by atoms with Crippen LogP contribution in [-0.2, 0) is 16.2 Å². The molecule has 126 valence electrons. The highest BCUT2D eigenvalue weighted by Gasteiger charge is 2.35. The first kappa shape index (κ1) is 17.3. The molecule has 0 saturated carbocycles. The van der Waals surface area contributed by atoms with Crippen molar-refractivity contribution in [3.63, 3.8) is 0 Å². The number of nitrogens with zero attached hydrogens (tertiary/aromatic N) is 2. The highest BCUT2D eigenvalue weighted by atomic mass is 32.2. The van der Waals surface area contributed by atoms with E-state index in [1.54, 1.807) is 0 Å². The van der Waals surface area contributed by atoms with Gasteiger partial charge in [-0.3, -0.25) is 0 Å². The van der Waals surface area contributed by atoms with Crippen LogP contribution < -0.4 is 4.72 Å². The Kier molecular flexibility index (Phi) is 4.44. The fourth-order valence-corrected chi connectivity index (χ4v) is 2.95. The molecule has 6 nitrogen and oxygen atoms in total. The largest absolute Gasteiger partial charge is 0.419 e. The maximum absolute atomic E-state index is 13.2. The standard InChI is InChI=1S/C12H11F4N3O3S/c1-6(11-17-7(2)18-22-11)19-23(20,21)8-3-4-10(13)9(5-8)12(14,15)16/h3-6,19H,1-2H3. The van der Waals surface area contributed by atoms with E-state index in [1.807, 2.05) is 0 Å². The van der Waals surface area contributed by atoms with Crippen LogP contribution in [0.2, 0.25) is 0 Å². The van der Waals surface area contributed by atoms with Crippen LogP contribution >= 0.6 is 0 Å². The average molecular weight is 353 g/mol. The zero-order chi connectivity index (χ0) is 17.4. The molecule has 0 saturated heterocycles. The summed E-state index contributed by atoms with van der Waals surface area (Å²) in [6, 6.07) is 0.432. The van der Waals surface area contributed by atoms with Crippen LogP contribution in [0.15, 0.2) is 27.6 Å². The Morgan fingerprint density at radius 3 is 2.48 bits per heavy atom. The van der Waals surface area contributed by atoms with E-state index in [0.29, 0.717) is 6.07 Å². The molecule has 1 unspecified atom stereocenters. The van der Waals surface area contributed by atoms with Crippen molar-refractivity contribution in [1.82, 2.24) is 14.9 Å². The molecule has 1 heterocycles. The predicted molar refractivity (Wildman–Crippen MR) is 69.2 cm³/mol. The molecule has 1 atom stereocenters. The highest BCUT2D eigenvalue weighted by molar-refractivity contribution is 7.89. The molecule has 0 amide bonds. The molecule has 0 spiro atoms. The molecule has 0 bridgehead atoms. The normalized spacial score (nSPS) is 14.0. The number of sulfonamides is 1. The minimum absolute atomic E-state index is 0.0516. The van der Waals surface area contributed by atoms with Gasteiger partial charge in [0.2, 0.25) is 15.9 Å². The summed E-state index contributed by atoms with van der Waals surface area (Å²) < 4.78 is 82.3. The molecule has 0 fully saturated rings. The van der Waals surface area contributed by atoms with E-state index in [0.717, 1.165) is 6.07 Å². The Labute approximate surface area is 128 Å². The molecule has 1 aromatic heterocycles. The summed E-state index contributed by atoms with van der Waals surface area (Å²) in [4.78, 5) is 3.09. The zero-order valence-electron chi connectivity index (χ0n) is 11.8. The van der Waals surface area contributed by atoms with Gasteiger partial charge in [-0.05, 0) is 32.0 Å². The van der Waals surface area contributed by atoms with Crippen molar-refractivity contribution in [1.29, 1.82) is 0 Å². The summed E-state index contributed by atoms with van der Waals surface area (Å²) >= 11 is 0. The van der Waals surface area contributed by atoms with Crippen molar-refractivity contribution in [2.45, 2.75) is 31.0 Å². The average Bonchev–Trinajstić information content (AvgIpc) is 2.84. The van der Waals surface area contributed by atoms with Crippen LogP contribution in [-0.4, -0.2) is 18.6 Å². The van der Waals surface area contributed by atoms with Crippen LogP contribution in [0.25, 0.3) is 0 Å². The molecule has 2 aromatic rings. The second-order valence-electron chi connectivity index (χ2n) is 4.66. The molecular weight excluding hydrogens is 342 g/mol. The fourth-order valence-electron chi connectivity index (χ4n) is 1.73. The predicted octanol–water partition coefficient (Wildman–Crippen LogP) is 2.58. The third kappa shape index (κ3) is 3.85. The topological polar surface area (TPSA) is 85.1 Å².